The molecular weight excluding hydrogens is 398 g/mol. The second kappa shape index (κ2) is 9.66. The summed E-state index contributed by atoms with van der Waals surface area (Å²) >= 11 is 1.70. The second-order valence-electron chi connectivity index (χ2n) is 7.89. The van der Waals surface area contributed by atoms with Crippen LogP contribution in [-0.2, 0) is 6.54 Å². The molecule has 1 N–H and O–H groups in total. The van der Waals surface area contributed by atoms with Crippen molar-refractivity contribution in [2.75, 3.05) is 32.7 Å². The van der Waals surface area contributed by atoms with Gasteiger partial charge in [-0.25, -0.2) is 0 Å². The summed E-state index contributed by atoms with van der Waals surface area (Å²) in [4.78, 5) is 15.3. The Hall–Kier alpha value is -2.32. The third-order valence-corrected chi connectivity index (χ3v) is 6.82. The van der Waals surface area contributed by atoms with Crippen LogP contribution in [0.4, 0.5) is 5.69 Å². The summed E-state index contributed by atoms with van der Waals surface area (Å²) in [5.74, 6) is 0. The third kappa shape index (κ3) is 5.05. The van der Waals surface area contributed by atoms with Gasteiger partial charge in [0, 0.05) is 49.6 Å². The smallest absolute Gasteiger partial charge is 0.269 e. The Bertz CT molecular complexity index is 981. The molecule has 1 fully saturated rings. The molecule has 0 bridgehead atoms. The van der Waals surface area contributed by atoms with Crippen LogP contribution in [0.1, 0.15) is 30.1 Å². The van der Waals surface area contributed by atoms with Crippen molar-refractivity contribution in [3.63, 3.8) is 0 Å². The summed E-state index contributed by atoms with van der Waals surface area (Å²) in [6, 6.07) is 15.1. The molecule has 0 saturated carbocycles. The molecule has 0 aliphatic carbocycles. The van der Waals surface area contributed by atoms with Gasteiger partial charge in [-0.15, -0.1) is 11.3 Å². The Labute approximate surface area is 180 Å². The van der Waals surface area contributed by atoms with Crippen molar-refractivity contribution in [2.45, 2.75) is 25.5 Å². The minimum absolute atomic E-state index is 0.140. The van der Waals surface area contributed by atoms with Crippen molar-refractivity contribution < 1.29 is 10.0 Å². The van der Waals surface area contributed by atoms with E-state index >= 15 is 0 Å². The van der Waals surface area contributed by atoms with Gasteiger partial charge in [-0.3, -0.25) is 15.0 Å². The zero-order valence-electron chi connectivity index (χ0n) is 16.9. The first-order chi connectivity index (χ1) is 14.6. The van der Waals surface area contributed by atoms with Crippen molar-refractivity contribution in [3.05, 3.63) is 75.2 Å². The minimum atomic E-state index is -0.399. The van der Waals surface area contributed by atoms with E-state index in [9.17, 15) is 15.2 Å². The largest absolute Gasteiger partial charge is 0.388 e. The van der Waals surface area contributed by atoms with Crippen LogP contribution in [0, 0.1) is 10.1 Å². The number of nitro benzene ring substituents is 1. The summed E-state index contributed by atoms with van der Waals surface area (Å²) in [5.41, 5.74) is 2.31. The number of benzene rings is 2. The van der Waals surface area contributed by atoms with Crippen LogP contribution in [0.25, 0.3) is 10.1 Å². The maximum Gasteiger partial charge on any atom is 0.269 e. The van der Waals surface area contributed by atoms with Gasteiger partial charge >= 0.3 is 0 Å². The molecule has 1 unspecified atom stereocenters. The van der Waals surface area contributed by atoms with E-state index in [4.69, 9.17) is 0 Å². The van der Waals surface area contributed by atoms with Gasteiger partial charge in [0.25, 0.3) is 5.69 Å². The lowest BCUT2D eigenvalue weighted by Gasteiger charge is -2.34. The number of thiophene rings is 1. The first-order valence-corrected chi connectivity index (χ1v) is 11.3. The number of aliphatic hydroxyl groups is 1. The summed E-state index contributed by atoms with van der Waals surface area (Å²) in [7, 11) is 0. The average molecular weight is 426 g/mol. The van der Waals surface area contributed by atoms with Crippen molar-refractivity contribution in [3.8, 4) is 0 Å². The van der Waals surface area contributed by atoms with Gasteiger partial charge in [0.2, 0.25) is 0 Å². The maximum atomic E-state index is 10.8. The highest BCUT2D eigenvalue weighted by Crippen LogP contribution is 2.32. The quantitative estimate of drug-likeness (QED) is 0.427. The predicted octanol–water partition coefficient (Wildman–Crippen LogP) is 4.44. The molecule has 1 aliphatic heterocycles. The number of hydrogen-bond donors (Lipinski definition) is 1. The molecule has 0 spiro atoms. The molecule has 1 saturated heterocycles. The molecule has 0 radical (unpaired) electrons. The molecule has 30 heavy (non-hydrogen) atoms. The summed E-state index contributed by atoms with van der Waals surface area (Å²) in [6.45, 7) is 5.86. The van der Waals surface area contributed by atoms with Gasteiger partial charge in [0.05, 0.1) is 11.0 Å². The van der Waals surface area contributed by atoms with Crippen LogP contribution in [-0.4, -0.2) is 52.6 Å². The van der Waals surface area contributed by atoms with Gasteiger partial charge < -0.3 is 10.0 Å². The first kappa shape index (κ1) is 20.9. The van der Waals surface area contributed by atoms with Crippen molar-refractivity contribution in [2.24, 2.45) is 0 Å². The Kier molecular flexibility index (Phi) is 6.74. The van der Waals surface area contributed by atoms with Gasteiger partial charge in [0.1, 0.15) is 0 Å². The SMILES string of the molecule is O=[N+]([O-])c1ccc(CN2CCN(CCCC(O)c3csc4ccccc34)CC2)cc1. The number of non-ortho nitro benzene ring substituents is 1. The van der Waals surface area contributed by atoms with Crippen molar-refractivity contribution in [1.29, 1.82) is 0 Å². The number of nitrogens with zero attached hydrogens (tertiary/aromatic N) is 3. The fourth-order valence-electron chi connectivity index (χ4n) is 4.07. The first-order valence-electron chi connectivity index (χ1n) is 10.4. The number of fused-ring (bicyclic) bond motifs is 1. The normalized spacial score (nSPS) is 16.7. The molecule has 158 valence electrons. The Balaban J connectivity index is 1.19. The fourth-order valence-corrected chi connectivity index (χ4v) is 5.08. The van der Waals surface area contributed by atoms with E-state index < -0.39 is 6.10 Å². The second-order valence-corrected chi connectivity index (χ2v) is 8.80. The van der Waals surface area contributed by atoms with E-state index in [0.29, 0.717) is 0 Å². The number of aliphatic hydroxyl groups excluding tert-OH is 1. The molecule has 2 aromatic carbocycles. The zero-order chi connectivity index (χ0) is 20.9. The molecule has 1 aromatic heterocycles. The van der Waals surface area contributed by atoms with E-state index in [-0.39, 0.29) is 10.6 Å². The van der Waals surface area contributed by atoms with Gasteiger partial charge in [-0.05, 0) is 47.3 Å². The van der Waals surface area contributed by atoms with Crippen LogP contribution in [0.15, 0.2) is 53.9 Å². The highest BCUT2D eigenvalue weighted by atomic mass is 32.1. The van der Waals surface area contributed by atoms with Gasteiger partial charge in [-0.1, -0.05) is 30.3 Å². The van der Waals surface area contributed by atoms with E-state index in [0.717, 1.165) is 63.2 Å². The summed E-state index contributed by atoms with van der Waals surface area (Å²) < 4.78 is 1.23. The van der Waals surface area contributed by atoms with Gasteiger partial charge in [-0.2, -0.15) is 0 Å². The minimum Gasteiger partial charge on any atom is -0.388 e. The van der Waals surface area contributed by atoms with Gasteiger partial charge in [0.15, 0.2) is 0 Å². The molecule has 1 atom stereocenters. The van der Waals surface area contributed by atoms with E-state index in [2.05, 4.69) is 27.3 Å². The molecule has 3 aromatic rings. The molecule has 7 heteroatoms. The molecular formula is C23H27N3O3S. The number of rotatable bonds is 8. The molecule has 0 amide bonds. The lowest BCUT2D eigenvalue weighted by atomic mass is 10.0. The van der Waals surface area contributed by atoms with Crippen molar-refractivity contribution >= 4 is 27.1 Å². The predicted molar refractivity (Wildman–Crippen MR) is 121 cm³/mol. The number of hydrogen-bond acceptors (Lipinski definition) is 6. The molecule has 2 heterocycles. The van der Waals surface area contributed by atoms with Crippen LogP contribution in [0.3, 0.4) is 0 Å². The van der Waals surface area contributed by atoms with Crippen LogP contribution in [0.5, 0.6) is 0 Å². The topological polar surface area (TPSA) is 69.9 Å². The average Bonchev–Trinajstić information content (AvgIpc) is 3.20. The molecule has 6 nitrogen and oxygen atoms in total. The lowest BCUT2D eigenvalue weighted by molar-refractivity contribution is -0.384. The highest BCUT2D eigenvalue weighted by Gasteiger charge is 2.18. The van der Waals surface area contributed by atoms with E-state index in [1.54, 1.807) is 23.5 Å². The monoisotopic (exact) mass is 425 g/mol. The molecule has 1 aliphatic rings. The maximum absolute atomic E-state index is 10.8. The fraction of sp³-hybridized carbons (Fsp3) is 0.391. The van der Waals surface area contributed by atoms with Crippen LogP contribution >= 0.6 is 11.3 Å². The Morgan fingerprint density at radius 3 is 2.47 bits per heavy atom. The molecule has 4 rings (SSSR count). The van der Waals surface area contributed by atoms with Crippen molar-refractivity contribution in [1.82, 2.24) is 9.80 Å². The zero-order valence-corrected chi connectivity index (χ0v) is 17.8. The number of nitro groups is 1. The standard InChI is InChI=1S/C23H27N3O3S/c27-22(21-17-30-23-6-2-1-4-20(21)23)5-3-11-24-12-14-25(15-13-24)16-18-7-9-19(10-8-18)26(28)29/h1-2,4,6-10,17,22,27H,3,5,11-16H2. The van der Waals surface area contributed by atoms with E-state index in [1.165, 1.54) is 10.1 Å². The third-order valence-electron chi connectivity index (χ3n) is 5.84. The van der Waals surface area contributed by atoms with Crippen LogP contribution in [0.2, 0.25) is 0 Å². The Morgan fingerprint density at radius 1 is 1.03 bits per heavy atom. The number of piperazine rings is 1. The Morgan fingerprint density at radius 2 is 1.73 bits per heavy atom. The summed E-state index contributed by atoms with van der Waals surface area (Å²) in [5, 5.41) is 24.7. The van der Waals surface area contributed by atoms with E-state index in [1.807, 2.05) is 24.3 Å². The highest BCUT2D eigenvalue weighted by molar-refractivity contribution is 7.17. The van der Waals surface area contributed by atoms with Crippen LogP contribution < -0.4 is 0 Å². The lowest BCUT2D eigenvalue weighted by Crippen LogP contribution is -2.46. The summed E-state index contributed by atoms with van der Waals surface area (Å²) in [6.07, 6.45) is 1.36.